The fraction of sp³-hybridized carbons (Fsp3) is 0.158. The van der Waals surface area contributed by atoms with E-state index in [9.17, 15) is 9.59 Å². The molecule has 2 aromatic rings. The van der Waals surface area contributed by atoms with Gasteiger partial charge in [-0.25, -0.2) is 4.85 Å². The first kappa shape index (κ1) is 16.1. The number of carbonyl (C=O) groups excluding carboxylic acids is 2. The van der Waals surface area contributed by atoms with Crippen molar-refractivity contribution in [2.75, 3.05) is 0 Å². The third-order valence-corrected chi connectivity index (χ3v) is 3.32. The maximum absolute atomic E-state index is 12.0. The number of benzene rings is 2. The van der Waals surface area contributed by atoms with E-state index in [0.29, 0.717) is 11.3 Å². The highest BCUT2D eigenvalue weighted by Crippen LogP contribution is 2.14. The molecular formula is C19H14N2O2. The average Bonchev–Trinajstić information content (AvgIpc) is 2.55. The topological polar surface area (TPSA) is 62.3 Å². The van der Waals surface area contributed by atoms with Crippen molar-refractivity contribution in [1.29, 1.82) is 5.26 Å². The number of carbonyl (C=O) groups is 2. The highest BCUT2D eigenvalue weighted by molar-refractivity contribution is 6.00. The molecule has 0 aromatic heterocycles. The van der Waals surface area contributed by atoms with Crippen LogP contribution < -0.4 is 0 Å². The van der Waals surface area contributed by atoms with E-state index >= 15 is 0 Å². The Hall–Kier alpha value is -3.24. The molecular weight excluding hydrogens is 288 g/mol. The molecule has 0 unspecified atom stereocenters. The van der Waals surface area contributed by atoms with E-state index in [1.165, 1.54) is 0 Å². The van der Waals surface area contributed by atoms with Gasteiger partial charge in [-0.1, -0.05) is 36.4 Å². The molecule has 23 heavy (non-hydrogen) atoms. The van der Waals surface area contributed by atoms with Crippen molar-refractivity contribution in [2.45, 2.75) is 19.3 Å². The number of ketones is 2. The maximum atomic E-state index is 12.0. The standard InChI is InChI=1S/C19H14N2O2/c1-21-17-7-5-14(6-8-17)10-18(22)12-19(23)11-15-3-2-4-16(9-15)13-20/h2-9H,10-12H2. The lowest BCUT2D eigenvalue weighted by molar-refractivity contribution is -0.126. The second kappa shape index (κ2) is 7.68. The molecule has 4 heteroatoms. The molecule has 0 aliphatic rings. The Kier molecular flexibility index (Phi) is 5.39. The number of rotatable bonds is 6. The minimum atomic E-state index is -0.164. The van der Waals surface area contributed by atoms with Crippen LogP contribution in [0.2, 0.25) is 0 Å². The van der Waals surface area contributed by atoms with Crippen molar-refractivity contribution in [3.63, 3.8) is 0 Å². The lowest BCUT2D eigenvalue weighted by Gasteiger charge is -2.03. The average molecular weight is 302 g/mol. The summed E-state index contributed by atoms with van der Waals surface area (Å²) in [5, 5.41) is 8.84. The Balaban J connectivity index is 1.90. The van der Waals surface area contributed by atoms with Crippen LogP contribution in [-0.4, -0.2) is 11.6 Å². The van der Waals surface area contributed by atoms with E-state index in [4.69, 9.17) is 11.8 Å². The highest BCUT2D eigenvalue weighted by atomic mass is 16.1. The van der Waals surface area contributed by atoms with Crippen molar-refractivity contribution < 1.29 is 9.59 Å². The number of nitrogens with zero attached hydrogens (tertiary/aromatic N) is 2. The number of hydrogen-bond donors (Lipinski definition) is 0. The highest BCUT2D eigenvalue weighted by Gasteiger charge is 2.11. The Bertz CT molecular complexity index is 808. The van der Waals surface area contributed by atoms with E-state index in [-0.39, 0.29) is 30.8 Å². The van der Waals surface area contributed by atoms with Crippen LogP contribution in [0.5, 0.6) is 0 Å². The van der Waals surface area contributed by atoms with Crippen molar-refractivity contribution in [2.24, 2.45) is 0 Å². The van der Waals surface area contributed by atoms with E-state index in [0.717, 1.165) is 11.1 Å². The van der Waals surface area contributed by atoms with Gasteiger partial charge in [-0.15, -0.1) is 0 Å². The van der Waals surface area contributed by atoms with Gasteiger partial charge in [0.05, 0.1) is 24.6 Å². The molecule has 0 spiro atoms. The van der Waals surface area contributed by atoms with E-state index < -0.39 is 0 Å². The summed E-state index contributed by atoms with van der Waals surface area (Å²) in [7, 11) is 0. The molecule has 0 N–H and O–H groups in total. The van der Waals surface area contributed by atoms with Crippen LogP contribution in [0.3, 0.4) is 0 Å². The first-order valence-corrected chi connectivity index (χ1v) is 7.09. The Morgan fingerprint density at radius 3 is 2.26 bits per heavy atom. The molecule has 0 heterocycles. The van der Waals surface area contributed by atoms with Gasteiger partial charge in [0.1, 0.15) is 11.6 Å². The number of Topliss-reactive ketones (excluding diaryl/α,β-unsaturated/α-hetero) is 2. The van der Waals surface area contributed by atoms with Gasteiger partial charge < -0.3 is 0 Å². The van der Waals surface area contributed by atoms with Crippen LogP contribution in [-0.2, 0) is 22.4 Å². The zero-order valence-corrected chi connectivity index (χ0v) is 12.5. The van der Waals surface area contributed by atoms with E-state index in [2.05, 4.69) is 4.85 Å². The number of nitriles is 1. The summed E-state index contributed by atoms with van der Waals surface area (Å²) in [5.41, 5.74) is 2.56. The molecule has 0 atom stereocenters. The summed E-state index contributed by atoms with van der Waals surface area (Å²) in [5.74, 6) is -0.315. The van der Waals surface area contributed by atoms with Gasteiger partial charge in [0.25, 0.3) is 0 Å². The zero-order valence-electron chi connectivity index (χ0n) is 12.5. The summed E-state index contributed by atoms with van der Waals surface area (Å²) < 4.78 is 0. The first-order chi connectivity index (χ1) is 11.1. The quantitative estimate of drug-likeness (QED) is 0.606. The SMILES string of the molecule is [C-]#[N+]c1ccc(CC(=O)CC(=O)Cc2cccc(C#N)c2)cc1. The van der Waals surface area contributed by atoms with Gasteiger partial charge in [-0.05, 0) is 23.3 Å². The first-order valence-electron chi connectivity index (χ1n) is 7.09. The summed E-state index contributed by atoms with van der Waals surface area (Å²) in [4.78, 5) is 27.2. The molecule has 0 amide bonds. The molecule has 0 aliphatic carbocycles. The molecule has 0 bridgehead atoms. The lowest BCUT2D eigenvalue weighted by atomic mass is 10.0. The molecule has 0 saturated heterocycles. The molecule has 112 valence electrons. The molecule has 0 fully saturated rings. The smallest absolute Gasteiger partial charge is 0.187 e. The molecule has 2 rings (SSSR count). The third-order valence-electron chi connectivity index (χ3n) is 3.32. The summed E-state index contributed by atoms with van der Waals surface area (Å²) in [6.45, 7) is 6.88. The van der Waals surface area contributed by atoms with Gasteiger partial charge >= 0.3 is 0 Å². The van der Waals surface area contributed by atoms with E-state index in [1.54, 1.807) is 48.5 Å². The van der Waals surface area contributed by atoms with Crippen LogP contribution in [0.25, 0.3) is 4.85 Å². The van der Waals surface area contributed by atoms with Crippen molar-refractivity contribution in [3.05, 3.63) is 76.6 Å². The molecule has 2 aromatic carbocycles. The van der Waals surface area contributed by atoms with Gasteiger partial charge in [-0.3, -0.25) is 9.59 Å². The van der Waals surface area contributed by atoms with Crippen molar-refractivity contribution >= 4 is 17.3 Å². The van der Waals surface area contributed by atoms with Gasteiger partial charge in [0.15, 0.2) is 5.69 Å². The second-order valence-electron chi connectivity index (χ2n) is 5.20. The third kappa shape index (κ3) is 4.91. The Morgan fingerprint density at radius 2 is 1.65 bits per heavy atom. The summed E-state index contributed by atoms with van der Waals surface area (Å²) in [6, 6.07) is 15.6. The summed E-state index contributed by atoms with van der Waals surface area (Å²) in [6.07, 6.45) is 0.210. The van der Waals surface area contributed by atoms with Crippen molar-refractivity contribution in [1.82, 2.24) is 0 Å². The van der Waals surface area contributed by atoms with Crippen LogP contribution in [0, 0.1) is 17.9 Å². The monoisotopic (exact) mass is 302 g/mol. The van der Waals surface area contributed by atoms with Crippen LogP contribution in [0.1, 0.15) is 23.1 Å². The van der Waals surface area contributed by atoms with Crippen LogP contribution >= 0.6 is 0 Å². The Labute approximate surface area is 134 Å². The fourth-order valence-corrected chi connectivity index (χ4v) is 2.24. The second-order valence-corrected chi connectivity index (χ2v) is 5.20. The van der Waals surface area contributed by atoms with Gasteiger partial charge in [0.2, 0.25) is 0 Å². The minimum Gasteiger partial charge on any atom is -0.299 e. The van der Waals surface area contributed by atoms with Crippen molar-refractivity contribution in [3.8, 4) is 6.07 Å². The van der Waals surface area contributed by atoms with E-state index in [1.807, 2.05) is 6.07 Å². The number of hydrogen-bond acceptors (Lipinski definition) is 3. The largest absolute Gasteiger partial charge is 0.299 e. The lowest BCUT2D eigenvalue weighted by Crippen LogP contribution is -2.12. The van der Waals surface area contributed by atoms with Crippen LogP contribution in [0.4, 0.5) is 5.69 Å². The minimum absolute atomic E-state index is 0.124. The molecule has 0 saturated carbocycles. The van der Waals surface area contributed by atoms with Gasteiger partial charge in [0, 0.05) is 12.8 Å². The molecule has 0 radical (unpaired) electrons. The predicted octanol–water partition coefficient (Wildman–Crippen LogP) is 3.42. The van der Waals surface area contributed by atoms with Gasteiger partial charge in [-0.2, -0.15) is 5.26 Å². The zero-order chi connectivity index (χ0) is 16.7. The fourth-order valence-electron chi connectivity index (χ4n) is 2.24. The molecule has 0 aliphatic heterocycles. The predicted molar refractivity (Wildman–Crippen MR) is 85.9 cm³/mol. The van der Waals surface area contributed by atoms with Crippen LogP contribution in [0.15, 0.2) is 48.5 Å². The summed E-state index contributed by atoms with van der Waals surface area (Å²) >= 11 is 0. The maximum Gasteiger partial charge on any atom is 0.187 e. The molecule has 4 nitrogen and oxygen atoms in total. The Morgan fingerprint density at radius 1 is 1.00 bits per heavy atom. The normalized spacial score (nSPS) is 9.65.